The average Bonchev–Trinajstić information content (AvgIpc) is 2.79. The number of aryl methyl sites for hydroxylation is 1. The minimum Gasteiger partial charge on any atom is -0.478 e. The molecule has 0 aromatic carbocycles. The fourth-order valence-electron chi connectivity index (χ4n) is 2.03. The van der Waals surface area contributed by atoms with Crippen molar-refractivity contribution >= 4 is 41.1 Å². The second kappa shape index (κ2) is 6.95. The first kappa shape index (κ1) is 15.1. The van der Waals surface area contributed by atoms with E-state index in [1.54, 1.807) is 0 Å². The third-order valence-electron chi connectivity index (χ3n) is 3.05. The van der Waals surface area contributed by atoms with Crippen LogP contribution in [-0.4, -0.2) is 34.5 Å². The number of carboxylic acid groups (broad SMARTS) is 1. The van der Waals surface area contributed by atoms with Crippen molar-refractivity contribution < 1.29 is 14.7 Å². The topological polar surface area (TPSA) is 66.4 Å². The smallest absolute Gasteiger partial charge is 0.328 e. The second-order valence-electron chi connectivity index (χ2n) is 4.72. The summed E-state index contributed by atoms with van der Waals surface area (Å²) >= 11 is 3.20. The van der Waals surface area contributed by atoms with E-state index in [1.807, 2.05) is 24.8 Å². The monoisotopic (exact) mass is 311 g/mol. The Balaban J connectivity index is 2.02. The normalized spacial score (nSPS) is 19.1. The third kappa shape index (κ3) is 4.11. The lowest BCUT2D eigenvalue weighted by Gasteiger charge is -2.22. The lowest BCUT2D eigenvalue weighted by Crippen LogP contribution is -2.37. The zero-order valence-corrected chi connectivity index (χ0v) is 12.9. The average molecular weight is 311 g/mol. The van der Waals surface area contributed by atoms with Crippen molar-refractivity contribution in [2.24, 2.45) is 0 Å². The van der Waals surface area contributed by atoms with Crippen LogP contribution in [0.25, 0.3) is 6.08 Å². The van der Waals surface area contributed by atoms with Crippen molar-refractivity contribution in [2.75, 3.05) is 11.5 Å². The predicted octanol–water partition coefficient (Wildman–Crippen LogP) is 2.78. The van der Waals surface area contributed by atoms with Crippen LogP contribution in [0, 0.1) is 6.92 Å². The van der Waals surface area contributed by atoms with Crippen LogP contribution in [0.5, 0.6) is 0 Å². The summed E-state index contributed by atoms with van der Waals surface area (Å²) in [5.74, 6) is 1.11. The maximum atomic E-state index is 12.2. The van der Waals surface area contributed by atoms with Crippen LogP contribution in [0.3, 0.4) is 0 Å². The molecule has 20 heavy (non-hydrogen) atoms. The molecule has 0 saturated carbocycles. The Morgan fingerprint density at radius 2 is 2.30 bits per heavy atom. The van der Waals surface area contributed by atoms with Gasteiger partial charge in [-0.05, 0) is 43.2 Å². The summed E-state index contributed by atoms with van der Waals surface area (Å²) in [6, 6.07) is 2.07. The summed E-state index contributed by atoms with van der Waals surface area (Å²) in [5, 5.41) is 11.7. The Labute approximate surface area is 126 Å². The van der Waals surface area contributed by atoms with Crippen LogP contribution in [0.4, 0.5) is 0 Å². The number of carboxylic acids is 1. The van der Waals surface area contributed by atoms with E-state index >= 15 is 0 Å². The van der Waals surface area contributed by atoms with Crippen molar-refractivity contribution in [2.45, 2.75) is 25.8 Å². The number of hydrogen-bond donors (Lipinski definition) is 2. The summed E-state index contributed by atoms with van der Waals surface area (Å²) in [6.45, 7) is 1.88. The maximum Gasteiger partial charge on any atom is 0.328 e. The summed E-state index contributed by atoms with van der Waals surface area (Å²) < 4.78 is 0. The minimum absolute atomic E-state index is 0.0550. The van der Waals surface area contributed by atoms with Crippen LogP contribution in [0.1, 0.15) is 33.0 Å². The second-order valence-corrected chi connectivity index (χ2v) is 6.95. The van der Waals surface area contributed by atoms with Gasteiger partial charge in [-0.3, -0.25) is 4.79 Å². The summed E-state index contributed by atoms with van der Waals surface area (Å²) in [7, 11) is 0. The van der Waals surface area contributed by atoms with Gasteiger partial charge in [0.1, 0.15) is 0 Å². The summed E-state index contributed by atoms with van der Waals surface area (Å²) in [4.78, 5) is 24.1. The number of amides is 1. The van der Waals surface area contributed by atoms with E-state index in [0.717, 1.165) is 35.1 Å². The number of thiophene rings is 1. The SMILES string of the molecule is Cc1cc(C(=O)NC2CCCSC2)sc1/C=C/C(=O)O. The van der Waals surface area contributed by atoms with Gasteiger partial charge < -0.3 is 10.4 Å². The van der Waals surface area contributed by atoms with Gasteiger partial charge in [0.05, 0.1) is 4.88 Å². The van der Waals surface area contributed by atoms with Gasteiger partial charge in [0.25, 0.3) is 5.91 Å². The van der Waals surface area contributed by atoms with E-state index < -0.39 is 5.97 Å². The highest BCUT2D eigenvalue weighted by molar-refractivity contribution is 7.99. The van der Waals surface area contributed by atoms with Gasteiger partial charge in [-0.2, -0.15) is 11.8 Å². The Morgan fingerprint density at radius 3 is 2.95 bits per heavy atom. The lowest BCUT2D eigenvalue weighted by molar-refractivity contribution is -0.131. The molecule has 1 aromatic rings. The Hall–Kier alpha value is -1.27. The van der Waals surface area contributed by atoms with Gasteiger partial charge in [-0.25, -0.2) is 4.79 Å². The molecule has 1 aliphatic rings. The molecule has 1 atom stereocenters. The number of rotatable bonds is 4. The molecule has 1 amide bonds. The molecule has 0 spiro atoms. The number of carbonyl (C=O) groups is 2. The molecule has 1 aliphatic heterocycles. The molecule has 2 rings (SSSR count). The van der Waals surface area contributed by atoms with Crippen molar-refractivity contribution in [1.82, 2.24) is 5.32 Å². The van der Waals surface area contributed by atoms with Gasteiger partial charge in [0.15, 0.2) is 0 Å². The molecule has 108 valence electrons. The molecular weight excluding hydrogens is 294 g/mol. The molecule has 1 aromatic heterocycles. The summed E-state index contributed by atoms with van der Waals surface area (Å²) in [6.07, 6.45) is 4.81. The molecule has 0 bridgehead atoms. The molecule has 1 fully saturated rings. The van der Waals surface area contributed by atoms with Gasteiger partial charge >= 0.3 is 5.97 Å². The van der Waals surface area contributed by atoms with Crippen LogP contribution in [0.2, 0.25) is 0 Å². The number of aliphatic carboxylic acids is 1. The molecular formula is C14H17NO3S2. The number of nitrogens with one attached hydrogen (secondary N) is 1. The first-order chi connectivity index (χ1) is 9.56. The maximum absolute atomic E-state index is 12.2. The van der Waals surface area contributed by atoms with E-state index in [9.17, 15) is 9.59 Å². The van der Waals surface area contributed by atoms with Crippen LogP contribution >= 0.6 is 23.1 Å². The Morgan fingerprint density at radius 1 is 1.50 bits per heavy atom. The van der Waals surface area contributed by atoms with Crippen molar-refractivity contribution in [3.8, 4) is 0 Å². The zero-order valence-electron chi connectivity index (χ0n) is 11.2. The molecule has 2 N–H and O–H groups in total. The number of carbonyl (C=O) groups excluding carboxylic acids is 1. The van der Waals surface area contributed by atoms with E-state index in [4.69, 9.17) is 5.11 Å². The molecule has 1 unspecified atom stereocenters. The fourth-order valence-corrected chi connectivity index (χ4v) is 4.08. The van der Waals surface area contributed by atoms with Gasteiger partial charge in [0.2, 0.25) is 0 Å². The molecule has 1 saturated heterocycles. The third-order valence-corrected chi connectivity index (χ3v) is 5.47. The van der Waals surface area contributed by atoms with Crippen LogP contribution in [0.15, 0.2) is 12.1 Å². The molecule has 4 nitrogen and oxygen atoms in total. The van der Waals surface area contributed by atoms with Gasteiger partial charge in [-0.15, -0.1) is 11.3 Å². The Bertz CT molecular complexity index is 531. The van der Waals surface area contributed by atoms with Crippen molar-refractivity contribution in [3.63, 3.8) is 0 Å². The minimum atomic E-state index is -0.983. The zero-order chi connectivity index (χ0) is 14.5. The standard InChI is InChI=1S/C14H17NO3S2/c1-9-7-12(20-11(9)4-5-13(16)17)14(18)15-10-3-2-6-19-8-10/h4-5,7,10H,2-3,6,8H2,1H3,(H,15,18)(H,16,17)/b5-4+. The highest BCUT2D eigenvalue weighted by Crippen LogP contribution is 2.24. The van der Waals surface area contributed by atoms with Crippen molar-refractivity contribution in [3.05, 3.63) is 27.5 Å². The van der Waals surface area contributed by atoms with E-state index in [-0.39, 0.29) is 11.9 Å². The lowest BCUT2D eigenvalue weighted by atomic mass is 10.2. The van der Waals surface area contributed by atoms with E-state index in [0.29, 0.717) is 4.88 Å². The molecule has 0 radical (unpaired) electrons. The molecule has 6 heteroatoms. The van der Waals surface area contributed by atoms with Gasteiger partial charge in [0, 0.05) is 22.7 Å². The fraction of sp³-hybridized carbons (Fsp3) is 0.429. The van der Waals surface area contributed by atoms with E-state index in [1.165, 1.54) is 23.2 Å². The summed E-state index contributed by atoms with van der Waals surface area (Å²) in [5.41, 5.74) is 0.927. The van der Waals surface area contributed by atoms with Gasteiger partial charge in [-0.1, -0.05) is 0 Å². The van der Waals surface area contributed by atoms with E-state index in [2.05, 4.69) is 5.32 Å². The Kier molecular flexibility index (Phi) is 5.25. The first-order valence-corrected chi connectivity index (χ1v) is 8.43. The van der Waals surface area contributed by atoms with Crippen LogP contribution < -0.4 is 5.32 Å². The highest BCUT2D eigenvalue weighted by atomic mass is 32.2. The largest absolute Gasteiger partial charge is 0.478 e. The highest BCUT2D eigenvalue weighted by Gasteiger charge is 2.18. The van der Waals surface area contributed by atoms with Crippen LogP contribution in [-0.2, 0) is 4.79 Å². The number of hydrogen-bond acceptors (Lipinski definition) is 4. The van der Waals surface area contributed by atoms with Crippen molar-refractivity contribution in [1.29, 1.82) is 0 Å². The molecule has 0 aliphatic carbocycles. The molecule has 2 heterocycles. The first-order valence-electron chi connectivity index (χ1n) is 6.46. The quantitative estimate of drug-likeness (QED) is 0.839. The number of thioether (sulfide) groups is 1. The predicted molar refractivity (Wildman–Crippen MR) is 83.5 cm³/mol.